The van der Waals surface area contributed by atoms with E-state index in [1.807, 2.05) is 56.9 Å². The normalized spacial score (nSPS) is 12.6. The van der Waals surface area contributed by atoms with Gasteiger partial charge in [0.15, 0.2) is 5.78 Å². The van der Waals surface area contributed by atoms with Gasteiger partial charge in [-0.3, -0.25) is 14.5 Å². The number of halogens is 1. The van der Waals surface area contributed by atoms with Crippen molar-refractivity contribution < 1.29 is 23.5 Å². The Bertz CT molecular complexity index is 1010. The first-order valence-corrected chi connectivity index (χ1v) is 10.7. The number of esters is 1. The summed E-state index contributed by atoms with van der Waals surface area (Å²) in [4.78, 5) is 38.9. The Labute approximate surface area is 194 Å². The van der Waals surface area contributed by atoms with E-state index in [1.165, 1.54) is 24.3 Å². The van der Waals surface area contributed by atoms with Crippen molar-refractivity contribution in [1.29, 1.82) is 0 Å². The van der Waals surface area contributed by atoms with E-state index in [0.29, 0.717) is 6.54 Å². The maximum absolute atomic E-state index is 13.0. The van der Waals surface area contributed by atoms with Gasteiger partial charge in [-0.05, 0) is 70.6 Å². The van der Waals surface area contributed by atoms with Crippen molar-refractivity contribution in [2.45, 2.75) is 39.3 Å². The number of carbonyl (C=O) groups excluding carboxylic acids is 3. The molecule has 0 saturated heterocycles. The lowest BCUT2D eigenvalue weighted by molar-refractivity contribution is -0.138. The van der Waals surface area contributed by atoms with Gasteiger partial charge in [-0.1, -0.05) is 29.8 Å². The van der Waals surface area contributed by atoms with Gasteiger partial charge < -0.3 is 10.1 Å². The van der Waals surface area contributed by atoms with Crippen molar-refractivity contribution in [3.8, 4) is 0 Å². The monoisotopic (exact) mass is 454 g/mol. The van der Waals surface area contributed by atoms with E-state index >= 15 is 0 Å². The molecule has 0 aliphatic carbocycles. The molecule has 0 fully saturated rings. The molecule has 2 aromatic rings. The molecule has 0 spiro atoms. The second-order valence-electron chi connectivity index (χ2n) is 8.91. The predicted octanol–water partition coefficient (Wildman–Crippen LogP) is 4.00. The van der Waals surface area contributed by atoms with Crippen LogP contribution in [0.1, 0.15) is 48.3 Å². The van der Waals surface area contributed by atoms with Gasteiger partial charge in [0.1, 0.15) is 18.5 Å². The Hall–Kier alpha value is -3.32. The average Bonchev–Trinajstić information content (AvgIpc) is 2.71. The van der Waals surface area contributed by atoms with Crippen LogP contribution >= 0.6 is 0 Å². The fraction of sp³-hybridized carbons (Fsp3) is 0.346. The van der Waals surface area contributed by atoms with Crippen LogP contribution in [-0.4, -0.2) is 48.3 Å². The SMILES string of the molecule is Cc1cccc(C(C(=O)NC(C)(C)C)N(C)CCOC(=O)/C=C/C(=O)c2ccc(F)cc2)c1. The number of hydrogen-bond acceptors (Lipinski definition) is 5. The molecule has 2 aromatic carbocycles. The smallest absolute Gasteiger partial charge is 0.330 e. The van der Waals surface area contributed by atoms with Crippen LogP contribution in [0, 0.1) is 12.7 Å². The standard InChI is InChI=1S/C26H31FN2O4/c1-18-7-6-8-20(17-18)24(25(32)28-26(2,3)4)29(5)15-16-33-23(31)14-13-22(30)19-9-11-21(27)12-10-19/h6-14,17,24H,15-16H2,1-5H3,(H,28,32)/b14-13+. The number of nitrogens with one attached hydrogen (secondary N) is 1. The quantitative estimate of drug-likeness (QED) is 0.352. The molecule has 6 nitrogen and oxygen atoms in total. The topological polar surface area (TPSA) is 75.7 Å². The van der Waals surface area contributed by atoms with Gasteiger partial charge in [0, 0.05) is 23.7 Å². The third-order valence-electron chi connectivity index (χ3n) is 4.73. The third kappa shape index (κ3) is 8.61. The highest BCUT2D eigenvalue weighted by atomic mass is 19.1. The number of allylic oxidation sites excluding steroid dienone is 1. The first kappa shape index (κ1) is 25.9. The first-order chi connectivity index (χ1) is 15.5. The van der Waals surface area contributed by atoms with E-state index in [-0.39, 0.29) is 18.1 Å². The van der Waals surface area contributed by atoms with Crippen LogP contribution in [0.5, 0.6) is 0 Å². The maximum atomic E-state index is 13.0. The minimum atomic E-state index is -0.676. The molecule has 0 aromatic heterocycles. The van der Waals surface area contributed by atoms with E-state index in [1.54, 1.807) is 7.05 Å². The lowest BCUT2D eigenvalue weighted by Crippen LogP contribution is -2.47. The fourth-order valence-corrected chi connectivity index (χ4v) is 3.21. The van der Waals surface area contributed by atoms with E-state index in [4.69, 9.17) is 4.74 Å². The maximum Gasteiger partial charge on any atom is 0.330 e. The number of aryl methyl sites for hydroxylation is 1. The Morgan fingerprint density at radius 2 is 1.76 bits per heavy atom. The summed E-state index contributed by atoms with van der Waals surface area (Å²) in [6, 6.07) is 12.2. The molecule has 1 amide bonds. The summed E-state index contributed by atoms with van der Waals surface area (Å²) in [6.45, 7) is 8.05. The summed E-state index contributed by atoms with van der Waals surface area (Å²) >= 11 is 0. The Kier molecular flexibility index (Phi) is 9.05. The van der Waals surface area contributed by atoms with Crippen LogP contribution in [0.25, 0.3) is 0 Å². The van der Waals surface area contributed by atoms with Gasteiger partial charge in [0.05, 0.1) is 0 Å². The van der Waals surface area contributed by atoms with Crippen LogP contribution in [0.4, 0.5) is 4.39 Å². The molecule has 2 rings (SSSR count). The number of hydrogen-bond donors (Lipinski definition) is 1. The Morgan fingerprint density at radius 1 is 1.09 bits per heavy atom. The Balaban J connectivity index is 1.97. The number of nitrogens with zero attached hydrogens (tertiary/aromatic N) is 1. The van der Waals surface area contributed by atoms with Gasteiger partial charge in [-0.15, -0.1) is 0 Å². The summed E-state index contributed by atoms with van der Waals surface area (Å²) in [7, 11) is 1.79. The molecule has 0 bridgehead atoms. The van der Waals surface area contributed by atoms with Crippen molar-refractivity contribution in [2.75, 3.05) is 20.2 Å². The molecule has 7 heteroatoms. The first-order valence-electron chi connectivity index (χ1n) is 10.7. The number of likely N-dealkylation sites (N-methyl/N-ethyl adjacent to an activating group) is 1. The second kappa shape index (κ2) is 11.5. The number of rotatable bonds is 9. The van der Waals surface area contributed by atoms with Crippen molar-refractivity contribution in [2.24, 2.45) is 0 Å². The molecule has 0 heterocycles. The van der Waals surface area contributed by atoms with Gasteiger partial charge in [-0.2, -0.15) is 0 Å². The van der Waals surface area contributed by atoms with Crippen LogP contribution in [0.15, 0.2) is 60.7 Å². The average molecular weight is 455 g/mol. The molecule has 0 aliphatic rings. The predicted molar refractivity (Wildman–Crippen MR) is 125 cm³/mol. The number of ketones is 1. The van der Waals surface area contributed by atoms with Gasteiger partial charge >= 0.3 is 5.97 Å². The molecule has 33 heavy (non-hydrogen) atoms. The summed E-state index contributed by atoms with van der Waals surface area (Å²) in [5, 5.41) is 3.01. The zero-order chi connectivity index (χ0) is 24.6. The van der Waals surface area contributed by atoms with Gasteiger partial charge in [-0.25, -0.2) is 9.18 Å². The van der Waals surface area contributed by atoms with E-state index in [2.05, 4.69) is 5.32 Å². The van der Waals surface area contributed by atoms with Crippen LogP contribution in [-0.2, 0) is 14.3 Å². The molecule has 0 radical (unpaired) electrons. The van der Waals surface area contributed by atoms with E-state index in [0.717, 1.165) is 23.3 Å². The molecular weight excluding hydrogens is 423 g/mol. The summed E-state index contributed by atoms with van der Waals surface area (Å²) in [6.07, 6.45) is 2.13. The number of carbonyl (C=O) groups is 3. The molecule has 0 aliphatic heterocycles. The molecule has 176 valence electrons. The van der Waals surface area contributed by atoms with Crippen molar-refractivity contribution in [3.63, 3.8) is 0 Å². The van der Waals surface area contributed by atoms with E-state index in [9.17, 15) is 18.8 Å². The van der Waals surface area contributed by atoms with Gasteiger partial charge in [0.25, 0.3) is 0 Å². The van der Waals surface area contributed by atoms with Crippen LogP contribution in [0.3, 0.4) is 0 Å². The highest BCUT2D eigenvalue weighted by Crippen LogP contribution is 2.22. The van der Waals surface area contributed by atoms with E-state index < -0.39 is 29.2 Å². The van der Waals surface area contributed by atoms with Crippen molar-refractivity contribution in [1.82, 2.24) is 10.2 Å². The molecule has 1 unspecified atom stereocenters. The van der Waals surface area contributed by atoms with Crippen LogP contribution in [0.2, 0.25) is 0 Å². The van der Waals surface area contributed by atoms with Crippen LogP contribution < -0.4 is 5.32 Å². The number of benzene rings is 2. The zero-order valence-corrected chi connectivity index (χ0v) is 19.7. The molecule has 1 atom stereocenters. The van der Waals surface area contributed by atoms with Crippen molar-refractivity contribution >= 4 is 17.7 Å². The summed E-state index contributed by atoms with van der Waals surface area (Å²) < 4.78 is 18.1. The highest BCUT2D eigenvalue weighted by molar-refractivity contribution is 6.06. The number of amides is 1. The third-order valence-corrected chi connectivity index (χ3v) is 4.73. The minimum Gasteiger partial charge on any atom is -0.461 e. The summed E-state index contributed by atoms with van der Waals surface area (Å²) in [5.41, 5.74) is 1.76. The van der Waals surface area contributed by atoms with Gasteiger partial charge in [0.2, 0.25) is 5.91 Å². The van der Waals surface area contributed by atoms with Crippen molar-refractivity contribution in [3.05, 3.63) is 83.2 Å². The Morgan fingerprint density at radius 3 is 2.36 bits per heavy atom. The largest absolute Gasteiger partial charge is 0.461 e. The second-order valence-corrected chi connectivity index (χ2v) is 8.91. The molecule has 1 N–H and O–H groups in total. The summed E-state index contributed by atoms with van der Waals surface area (Å²) in [5.74, 6) is -1.70. The lowest BCUT2D eigenvalue weighted by Gasteiger charge is -2.31. The minimum absolute atomic E-state index is 0.0372. The molecule has 0 saturated carbocycles. The zero-order valence-electron chi connectivity index (χ0n) is 19.7. The fourth-order valence-electron chi connectivity index (χ4n) is 3.21. The highest BCUT2D eigenvalue weighted by Gasteiger charge is 2.28. The number of ether oxygens (including phenoxy) is 1. The molecular formula is C26H31FN2O4. The lowest BCUT2D eigenvalue weighted by atomic mass is 10.0.